The van der Waals surface area contributed by atoms with Gasteiger partial charge in [-0.15, -0.1) is 0 Å². The third kappa shape index (κ3) is 4.86. The van der Waals surface area contributed by atoms with Gasteiger partial charge in [0.1, 0.15) is 17.2 Å². The number of benzene rings is 2. The lowest BCUT2D eigenvalue weighted by Gasteiger charge is -2.24. The van der Waals surface area contributed by atoms with Crippen LogP contribution in [0.15, 0.2) is 48.5 Å². The highest BCUT2D eigenvalue weighted by Gasteiger charge is 2.23. The van der Waals surface area contributed by atoms with E-state index in [0.29, 0.717) is 11.1 Å². The zero-order valence-electron chi connectivity index (χ0n) is 12.9. The number of nitrogens with one attached hydrogen (secondary N) is 1. The first-order chi connectivity index (χ1) is 10.9. The minimum absolute atomic E-state index is 0.00522. The Labute approximate surface area is 134 Å². The molecule has 5 heteroatoms. The average molecular weight is 319 g/mol. The number of aryl methyl sites for hydroxylation is 1. The summed E-state index contributed by atoms with van der Waals surface area (Å²) in [5, 5.41) is 13.0. The highest BCUT2D eigenvalue weighted by atomic mass is 19.1. The van der Waals surface area contributed by atoms with Crippen LogP contribution in [0.3, 0.4) is 0 Å². The number of rotatable bonds is 6. The van der Waals surface area contributed by atoms with Crippen LogP contribution in [0.5, 0.6) is 0 Å². The Bertz CT molecular complexity index is 669. The van der Waals surface area contributed by atoms with E-state index in [1.54, 1.807) is 18.2 Å². The number of amides is 1. The molecule has 0 saturated carbocycles. The molecule has 0 aliphatic carbocycles. The monoisotopic (exact) mass is 319 g/mol. The Hall–Kier alpha value is -2.27. The Morgan fingerprint density at radius 3 is 2.43 bits per heavy atom. The van der Waals surface area contributed by atoms with Crippen molar-refractivity contribution in [1.29, 1.82) is 0 Å². The summed E-state index contributed by atoms with van der Waals surface area (Å²) in [7, 11) is 0. The maximum absolute atomic E-state index is 13.5. The molecule has 0 saturated heterocycles. The van der Waals surface area contributed by atoms with Gasteiger partial charge in [-0.3, -0.25) is 4.79 Å². The molecule has 23 heavy (non-hydrogen) atoms. The van der Waals surface area contributed by atoms with Gasteiger partial charge >= 0.3 is 0 Å². The number of halogens is 2. The minimum atomic E-state index is -1.30. The molecule has 0 aliphatic heterocycles. The molecular formula is C18H19F2NO2. The van der Waals surface area contributed by atoms with E-state index in [1.807, 2.05) is 0 Å². The van der Waals surface area contributed by atoms with E-state index < -0.39 is 11.4 Å². The summed E-state index contributed by atoms with van der Waals surface area (Å²) < 4.78 is 26.4. The van der Waals surface area contributed by atoms with Gasteiger partial charge in [-0.2, -0.15) is 0 Å². The molecule has 3 nitrogen and oxygen atoms in total. The summed E-state index contributed by atoms with van der Waals surface area (Å²) in [6.07, 6.45) is 0.414. The van der Waals surface area contributed by atoms with E-state index in [-0.39, 0.29) is 31.1 Å². The lowest BCUT2D eigenvalue weighted by Crippen LogP contribution is -2.38. The first kappa shape index (κ1) is 17.1. The van der Waals surface area contributed by atoms with Crippen LogP contribution in [0.25, 0.3) is 0 Å². The summed E-state index contributed by atoms with van der Waals surface area (Å²) >= 11 is 0. The standard InChI is InChI=1S/C18H19F2NO2/c1-18(23,14-7-9-15(19)10-8-14)12-21-17(22)11-6-13-4-2-3-5-16(13)20/h2-5,7-10,23H,6,11-12H2,1H3,(H,21,22). The number of hydrogen-bond donors (Lipinski definition) is 2. The van der Waals surface area contributed by atoms with E-state index >= 15 is 0 Å². The van der Waals surface area contributed by atoms with Crippen molar-refractivity contribution in [2.75, 3.05) is 6.54 Å². The summed E-state index contributed by atoms with van der Waals surface area (Å²) in [6.45, 7) is 1.53. The molecule has 0 radical (unpaired) electrons. The van der Waals surface area contributed by atoms with E-state index in [4.69, 9.17) is 0 Å². The molecule has 2 N–H and O–H groups in total. The maximum Gasteiger partial charge on any atom is 0.220 e. The van der Waals surface area contributed by atoms with Crippen molar-refractivity contribution in [3.63, 3.8) is 0 Å². The van der Waals surface area contributed by atoms with E-state index in [1.165, 1.54) is 37.3 Å². The topological polar surface area (TPSA) is 49.3 Å². The van der Waals surface area contributed by atoms with Crippen LogP contribution in [0.4, 0.5) is 8.78 Å². The lowest BCUT2D eigenvalue weighted by atomic mass is 9.96. The van der Waals surface area contributed by atoms with Crippen LogP contribution >= 0.6 is 0 Å². The second kappa shape index (κ2) is 7.33. The molecule has 1 amide bonds. The van der Waals surface area contributed by atoms with Crippen LogP contribution in [-0.4, -0.2) is 17.6 Å². The minimum Gasteiger partial charge on any atom is -0.384 e. The second-order valence-electron chi connectivity index (χ2n) is 5.65. The molecular weight excluding hydrogens is 300 g/mol. The summed E-state index contributed by atoms with van der Waals surface area (Å²) in [6, 6.07) is 11.8. The lowest BCUT2D eigenvalue weighted by molar-refractivity contribution is -0.122. The Kier molecular flexibility index (Phi) is 5.45. The fourth-order valence-corrected chi connectivity index (χ4v) is 2.22. The molecule has 0 aliphatic rings. The Morgan fingerprint density at radius 1 is 1.13 bits per heavy atom. The van der Waals surface area contributed by atoms with Crippen LogP contribution in [-0.2, 0) is 16.8 Å². The first-order valence-corrected chi connectivity index (χ1v) is 7.37. The van der Waals surface area contributed by atoms with Gasteiger partial charge in [-0.1, -0.05) is 30.3 Å². The van der Waals surface area contributed by atoms with Crippen molar-refractivity contribution < 1.29 is 18.7 Å². The van der Waals surface area contributed by atoms with Crippen molar-refractivity contribution in [2.24, 2.45) is 0 Å². The maximum atomic E-state index is 13.5. The van der Waals surface area contributed by atoms with E-state index in [9.17, 15) is 18.7 Å². The third-order valence-electron chi connectivity index (χ3n) is 3.68. The molecule has 2 aromatic rings. The SMILES string of the molecule is CC(O)(CNC(=O)CCc1ccccc1F)c1ccc(F)cc1. The smallest absolute Gasteiger partial charge is 0.220 e. The molecule has 0 heterocycles. The number of carbonyl (C=O) groups excluding carboxylic acids is 1. The van der Waals surface area contributed by atoms with Gasteiger partial charge in [0.15, 0.2) is 0 Å². The van der Waals surface area contributed by atoms with Crippen molar-refractivity contribution in [1.82, 2.24) is 5.32 Å². The predicted molar refractivity (Wildman–Crippen MR) is 83.7 cm³/mol. The number of hydrogen-bond acceptors (Lipinski definition) is 2. The molecule has 2 rings (SSSR count). The van der Waals surface area contributed by atoms with Crippen molar-refractivity contribution in [3.8, 4) is 0 Å². The first-order valence-electron chi connectivity index (χ1n) is 7.37. The van der Waals surface area contributed by atoms with Gasteiger partial charge in [-0.25, -0.2) is 8.78 Å². The van der Waals surface area contributed by atoms with E-state index in [0.717, 1.165) is 0 Å². The molecule has 0 bridgehead atoms. The van der Waals surface area contributed by atoms with Gasteiger partial charge in [0.25, 0.3) is 0 Å². The third-order valence-corrected chi connectivity index (χ3v) is 3.68. The van der Waals surface area contributed by atoms with Gasteiger partial charge in [0, 0.05) is 6.42 Å². The molecule has 122 valence electrons. The van der Waals surface area contributed by atoms with Crippen molar-refractivity contribution >= 4 is 5.91 Å². The zero-order valence-corrected chi connectivity index (χ0v) is 12.9. The van der Waals surface area contributed by atoms with Crippen LogP contribution < -0.4 is 5.32 Å². The quantitative estimate of drug-likeness (QED) is 0.860. The van der Waals surface area contributed by atoms with Crippen LogP contribution in [0, 0.1) is 11.6 Å². The van der Waals surface area contributed by atoms with Crippen LogP contribution in [0.1, 0.15) is 24.5 Å². The van der Waals surface area contributed by atoms with Gasteiger partial charge in [0.2, 0.25) is 5.91 Å². The highest BCUT2D eigenvalue weighted by Crippen LogP contribution is 2.20. The average Bonchev–Trinajstić information content (AvgIpc) is 2.53. The van der Waals surface area contributed by atoms with Crippen LogP contribution in [0.2, 0.25) is 0 Å². The Morgan fingerprint density at radius 2 is 1.78 bits per heavy atom. The number of aliphatic hydroxyl groups is 1. The molecule has 1 atom stereocenters. The van der Waals surface area contributed by atoms with Crippen molar-refractivity contribution in [3.05, 3.63) is 71.3 Å². The van der Waals surface area contributed by atoms with Gasteiger partial charge in [-0.05, 0) is 42.7 Å². The molecule has 1 unspecified atom stereocenters. The summed E-state index contributed by atoms with van der Waals surface area (Å²) in [5.74, 6) is -1.01. The highest BCUT2D eigenvalue weighted by molar-refractivity contribution is 5.76. The molecule has 2 aromatic carbocycles. The number of carbonyl (C=O) groups is 1. The normalized spacial score (nSPS) is 13.4. The summed E-state index contributed by atoms with van der Waals surface area (Å²) in [4.78, 5) is 11.9. The zero-order chi connectivity index (χ0) is 16.9. The van der Waals surface area contributed by atoms with Gasteiger partial charge < -0.3 is 10.4 Å². The van der Waals surface area contributed by atoms with E-state index in [2.05, 4.69) is 5.32 Å². The van der Waals surface area contributed by atoms with Gasteiger partial charge in [0.05, 0.1) is 6.54 Å². The second-order valence-corrected chi connectivity index (χ2v) is 5.65. The van der Waals surface area contributed by atoms with Crippen molar-refractivity contribution in [2.45, 2.75) is 25.4 Å². The fourth-order valence-electron chi connectivity index (χ4n) is 2.22. The Balaban J connectivity index is 1.86. The molecule has 0 aromatic heterocycles. The fraction of sp³-hybridized carbons (Fsp3) is 0.278. The summed E-state index contributed by atoms with van der Waals surface area (Å²) in [5.41, 5.74) is -0.317. The predicted octanol–water partition coefficient (Wildman–Crippen LogP) is 2.92. The molecule has 0 fully saturated rings. The largest absolute Gasteiger partial charge is 0.384 e. The molecule has 0 spiro atoms.